The van der Waals surface area contributed by atoms with Gasteiger partial charge in [0.05, 0.1) is 6.42 Å². The highest BCUT2D eigenvalue weighted by atomic mass is 79.9. The number of carbonyl (C=O) groups is 1. The largest absolute Gasteiger partial charge is 0.481 e. The summed E-state index contributed by atoms with van der Waals surface area (Å²) >= 11 is 3.30. The fraction of sp³-hybridized carbons (Fsp3) is 0.364. The standard InChI is InChI=1S/C11H12BrFO2/c1-6(4-11(14)15)8-5-9(12)7(2)3-10(8)13/h3,5-6H,4H2,1-2H3,(H,14,15). The maximum absolute atomic E-state index is 13.5. The van der Waals surface area contributed by atoms with Gasteiger partial charge in [-0.2, -0.15) is 0 Å². The number of carboxylic acids is 1. The molecule has 15 heavy (non-hydrogen) atoms. The molecular weight excluding hydrogens is 263 g/mol. The Morgan fingerprint density at radius 3 is 2.73 bits per heavy atom. The number of aryl methyl sites for hydroxylation is 1. The normalized spacial score (nSPS) is 12.5. The highest BCUT2D eigenvalue weighted by molar-refractivity contribution is 9.10. The van der Waals surface area contributed by atoms with E-state index < -0.39 is 5.97 Å². The average molecular weight is 275 g/mol. The first kappa shape index (κ1) is 12.2. The van der Waals surface area contributed by atoms with Crippen LogP contribution in [0, 0.1) is 12.7 Å². The van der Waals surface area contributed by atoms with Gasteiger partial charge in [-0.25, -0.2) is 4.39 Å². The van der Waals surface area contributed by atoms with Gasteiger partial charge in [-0.3, -0.25) is 4.79 Å². The van der Waals surface area contributed by atoms with Gasteiger partial charge >= 0.3 is 5.97 Å². The van der Waals surface area contributed by atoms with Gasteiger partial charge in [-0.1, -0.05) is 22.9 Å². The monoisotopic (exact) mass is 274 g/mol. The lowest BCUT2D eigenvalue weighted by atomic mass is 9.96. The summed E-state index contributed by atoms with van der Waals surface area (Å²) in [6.45, 7) is 3.49. The van der Waals surface area contributed by atoms with Crippen molar-refractivity contribution >= 4 is 21.9 Å². The molecule has 0 bridgehead atoms. The van der Waals surface area contributed by atoms with Crippen molar-refractivity contribution in [3.63, 3.8) is 0 Å². The Kier molecular flexibility index (Phi) is 3.85. The Morgan fingerprint density at radius 1 is 1.60 bits per heavy atom. The number of benzene rings is 1. The third kappa shape index (κ3) is 3.02. The van der Waals surface area contributed by atoms with E-state index in [9.17, 15) is 9.18 Å². The molecule has 4 heteroatoms. The second kappa shape index (κ2) is 4.75. The lowest BCUT2D eigenvalue weighted by molar-refractivity contribution is -0.137. The zero-order valence-corrected chi connectivity index (χ0v) is 10.1. The van der Waals surface area contributed by atoms with Crippen LogP contribution in [-0.2, 0) is 4.79 Å². The molecule has 1 rings (SSSR count). The highest BCUT2D eigenvalue weighted by Crippen LogP contribution is 2.27. The summed E-state index contributed by atoms with van der Waals surface area (Å²) in [7, 11) is 0. The molecule has 0 aromatic heterocycles. The number of carboxylic acid groups (broad SMARTS) is 1. The van der Waals surface area contributed by atoms with Gasteiger partial charge in [-0.05, 0) is 36.1 Å². The van der Waals surface area contributed by atoms with Crippen molar-refractivity contribution in [2.24, 2.45) is 0 Å². The molecule has 1 aromatic carbocycles. The van der Waals surface area contributed by atoms with Gasteiger partial charge in [0, 0.05) is 4.47 Å². The van der Waals surface area contributed by atoms with E-state index in [1.54, 1.807) is 19.9 Å². The van der Waals surface area contributed by atoms with Crippen LogP contribution < -0.4 is 0 Å². The molecule has 1 N–H and O–H groups in total. The fourth-order valence-corrected chi connectivity index (χ4v) is 1.77. The Morgan fingerprint density at radius 2 is 2.20 bits per heavy atom. The van der Waals surface area contributed by atoms with Gasteiger partial charge < -0.3 is 5.11 Å². The van der Waals surface area contributed by atoms with E-state index >= 15 is 0 Å². The maximum atomic E-state index is 13.5. The minimum Gasteiger partial charge on any atom is -0.481 e. The van der Waals surface area contributed by atoms with Crippen LogP contribution in [0.3, 0.4) is 0 Å². The molecular formula is C11H12BrFO2. The number of hydrogen-bond donors (Lipinski definition) is 1. The molecule has 0 saturated carbocycles. The summed E-state index contributed by atoms with van der Waals surface area (Å²) in [5.74, 6) is -1.58. The van der Waals surface area contributed by atoms with Crippen LogP contribution in [0.5, 0.6) is 0 Å². The van der Waals surface area contributed by atoms with Crippen molar-refractivity contribution in [2.75, 3.05) is 0 Å². The lowest BCUT2D eigenvalue weighted by Gasteiger charge is -2.12. The number of aliphatic carboxylic acids is 1. The Balaban J connectivity index is 3.03. The summed E-state index contributed by atoms with van der Waals surface area (Å²) < 4.78 is 14.3. The molecule has 1 aromatic rings. The quantitative estimate of drug-likeness (QED) is 0.917. The van der Waals surface area contributed by atoms with Crippen LogP contribution in [0.4, 0.5) is 4.39 Å². The molecule has 0 spiro atoms. The van der Waals surface area contributed by atoms with Crippen LogP contribution in [0.1, 0.15) is 30.4 Å². The van der Waals surface area contributed by atoms with E-state index in [0.29, 0.717) is 5.56 Å². The molecule has 2 nitrogen and oxygen atoms in total. The second-order valence-corrected chi connectivity index (χ2v) is 4.48. The van der Waals surface area contributed by atoms with Crippen molar-refractivity contribution in [3.8, 4) is 0 Å². The number of hydrogen-bond acceptors (Lipinski definition) is 1. The predicted octanol–water partition coefficient (Wildman–Crippen LogP) is 3.47. The van der Waals surface area contributed by atoms with Crippen molar-refractivity contribution in [1.82, 2.24) is 0 Å². The highest BCUT2D eigenvalue weighted by Gasteiger charge is 2.15. The molecule has 1 atom stereocenters. The predicted molar refractivity (Wildman–Crippen MR) is 59.5 cm³/mol. The van der Waals surface area contributed by atoms with Gasteiger partial charge in [0.1, 0.15) is 5.82 Å². The number of rotatable bonds is 3. The van der Waals surface area contributed by atoms with Crippen molar-refractivity contribution in [1.29, 1.82) is 0 Å². The Bertz CT molecular complexity index is 390. The number of halogens is 2. The minimum atomic E-state index is -0.918. The minimum absolute atomic E-state index is 0.0631. The van der Waals surface area contributed by atoms with E-state index in [0.717, 1.165) is 10.0 Å². The van der Waals surface area contributed by atoms with E-state index in [1.807, 2.05) is 0 Å². The van der Waals surface area contributed by atoms with Gasteiger partial charge in [0.25, 0.3) is 0 Å². The molecule has 0 heterocycles. The molecule has 0 amide bonds. The summed E-state index contributed by atoms with van der Waals surface area (Å²) in [5, 5.41) is 8.63. The van der Waals surface area contributed by atoms with E-state index in [4.69, 9.17) is 5.11 Å². The van der Waals surface area contributed by atoms with Crippen LogP contribution in [0.2, 0.25) is 0 Å². The average Bonchev–Trinajstić information content (AvgIpc) is 2.09. The van der Waals surface area contributed by atoms with Crippen LogP contribution in [-0.4, -0.2) is 11.1 Å². The lowest BCUT2D eigenvalue weighted by Crippen LogP contribution is -2.05. The van der Waals surface area contributed by atoms with Crippen molar-refractivity contribution in [2.45, 2.75) is 26.2 Å². The molecule has 0 fully saturated rings. The molecule has 0 aliphatic heterocycles. The van der Waals surface area contributed by atoms with Gasteiger partial charge in [0.15, 0.2) is 0 Å². The van der Waals surface area contributed by atoms with Crippen LogP contribution >= 0.6 is 15.9 Å². The van der Waals surface area contributed by atoms with E-state index in [2.05, 4.69) is 15.9 Å². The van der Waals surface area contributed by atoms with Gasteiger partial charge in [-0.15, -0.1) is 0 Å². The summed E-state index contributed by atoms with van der Waals surface area (Å²) in [4.78, 5) is 10.5. The molecule has 0 aliphatic carbocycles. The third-order valence-electron chi connectivity index (χ3n) is 2.29. The fourth-order valence-electron chi connectivity index (χ4n) is 1.41. The zero-order valence-electron chi connectivity index (χ0n) is 8.55. The maximum Gasteiger partial charge on any atom is 0.303 e. The van der Waals surface area contributed by atoms with Crippen LogP contribution in [0.15, 0.2) is 16.6 Å². The topological polar surface area (TPSA) is 37.3 Å². The SMILES string of the molecule is Cc1cc(F)c(C(C)CC(=O)O)cc1Br. The first-order chi connectivity index (χ1) is 6.91. The zero-order chi connectivity index (χ0) is 11.6. The molecule has 0 aliphatic rings. The molecule has 0 saturated heterocycles. The van der Waals surface area contributed by atoms with E-state index in [-0.39, 0.29) is 18.2 Å². The molecule has 0 radical (unpaired) electrons. The Labute approximate surface area is 96.2 Å². The Hall–Kier alpha value is -0.900. The molecule has 1 unspecified atom stereocenters. The van der Waals surface area contributed by atoms with Gasteiger partial charge in [0.2, 0.25) is 0 Å². The van der Waals surface area contributed by atoms with Crippen molar-refractivity contribution in [3.05, 3.63) is 33.5 Å². The van der Waals surface area contributed by atoms with E-state index in [1.165, 1.54) is 6.07 Å². The first-order valence-electron chi connectivity index (χ1n) is 4.59. The second-order valence-electron chi connectivity index (χ2n) is 3.62. The molecule has 82 valence electrons. The summed E-state index contributed by atoms with van der Waals surface area (Å²) in [6.07, 6.45) is -0.0631. The summed E-state index contributed by atoms with van der Waals surface area (Å²) in [5.41, 5.74) is 1.24. The first-order valence-corrected chi connectivity index (χ1v) is 5.38. The van der Waals surface area contributed by atoms with Crippen LogP contribution in [0.25, 0.3) is 0 Å². The third-order valence-corrected chi connectivity index (χ3v) is 3.14. The van der Waals surface area contributed by atoms with Crippen molar-refractivity contribution < 1.29 is 14.3 Å². The summed E-state index contributed by atoms with van der Waals surface area (Å²) in [6, 6.07) is 3.07. The smallest absolute Gasteiger partial charge is 0.303 e.